The fourth-order valence-electron chi connectivity index (χ4n) is 1.14. The highest BCUT2D eigenvalue weighted by molar-refractivity contribution is 7.14. The molecule has 0 aliphatic rings. The predicted octanol–water partition coefficient (Wildman–Crippen LogP) is 2.82. The smallest absolute Gasteiger partial charge is 0.139 e. The van der Waals surface area contributed by atoms with Crippen molar-refractivity contribution >= 4 is 11.3 Å². The van der Waals surface area contributed by atoms with Crippen molar-refractivity contribution in [1.82, 2.24) is 4.98 Å². The van der Waals surface area contributed by atoms with Crippen LogP contribution in [0.4, 0.5) is 0 Å². The van der Waals surface area contributed by atoms with Crippen LogP contribution in [0.2, 0.25) is 0 Å². The van der Waals surface area contributed by atoms with E-state index in [0.717, 1.165) is 16.3 Å². The maximum Gasteiger partial charge on any atom is 0.139 e. The first kappa shape index (κ1) is 8.26. The molecule has 2 nitrogen and oxygen atoms in total. The Morgan fingerprint density at radius 1 is 1.31 bits per heavy atom. The molecule has 0 atom stereocenters. The van der Waals surface area contributed by atoms with Crippen molar-refractivity contribution in [2.24, 2.45) is 0 Å². The third-order valence-corrected chi connectivity index (χ3v) is 2.66. The van der Waals surface area contributed by atoms with Crippen LogP contribution in [0.3, 0.4) is 0 Å². The van der Waals surface area contributed by atoms with Gasteiger partial charge in [0.15, 0.2) is 0 Å². The molecule has 0 amide bonds. The summed E-state index contributed by atoms with van der Waals surface area (Å²) in [7, 11) is 1.68. The number of nitrogens with zero attached hydrogens (tertiary/aromatic N) is 1. The predicted molar refractivity (Wildman–Crippen MR) is 54.1 cm³/mol. The second-order valence-corrected chi connectivity index (χ2v) is 3.45. The lowest BCUT2D eigenvalue weighted by Crippen LogP contribution is -1.83. The molecule has 0 spiro atoms. The van der Waals surface area contributed by atoms with Crippen LogP contribution in [0.5, 0.6) is 5.75 Å². The summed E-state index contributed by atoms with van der Waals surface area (Å²) < 4.78 is 5.21. The molecule has 0 aromatic carbocycles. The molecule has 2 aromatic heterocycles. The van der Waals surface area contributed by atoms with Crippen LogP contribution in [0.1, 0.15) is 0 Å². The number of hydrogen-bond donors (Lipinski definition) is 0. The van der Waals surface area contributed by atoms with E-state index in [1.165, 1.54) is 0 Å². The normalized spacial score (nSPS) is 9.92. The lowest BCUT2D eigenvalue weighted by atomic mass is 10.3. The number of hydrogen-bond acceptors (Lipinski definition) is 3. The highest BCUT2D eigenvalue weighted by atomic mass is 32.1. The van der Waals surface area contributed by atoms with Crippen LogP contribution in [0.15, 0.2) is 35.8 Å². The molecule has 2 aromatic rings. The zero-order valence-electron chi connectivity index (χ0n) is 7.23. The molecule has 0 bridgehead atoms. The van der Waals surface area contributed by atoms with E-state index in [9.17, 15) is 0 Å². The molecule has 0 N–H and O–H groups in total. The topological polar surface area (TPSA) is 22.1 Å². The van der Waals surface area contributed by atoms with E-state index < -0.39 is 0 Å². The van der Waals surface area contributed by atoms with E-state index in [1.807, 2.05) is 29.6 Å². The second-order valence-electron chi connectivity index (χ2n) is 2.53. The Hall–Kier alpha value is -1.35. The third-order valence-electron chi connectivity index (χ3n) is 1.75. The van der Waals surface area contributed by atoms with Crippen molar-refractivity contribution in [3.63, 3.8) is 0 Å². The van der Waals surface area contributed by atoms with Crippen LogP contribution in [0, 0.1) is 0 Å². The Bertz CT molecular complexity index is 383. The molecule has 0 saturated heterocycles. The Labute approximate surface area is 80.8 Å². The SMILES string of the molecule is COc1ccsc1-c1ccccn1. The van der Waals surface area contributed by atoms with Gasteiger partial charge in [-0.15, -0.1) is 11.3 Å². The summed E-state index contributed by atoms with van der Waals surface area (Å²) in [5.74, 6) is 0.892. The van der Waals surface area contributed by atoms with Crippen LogP contribution in [0.25, 0.3) is 10.6 Å². The van der Waals surface area contributed by atoms with Crippen molar-refractivity contribution in [3.05, 3.63) is 35.8 Å². The Balaban J connectivity index is 2.47. The first-order valence-corrected chi connectivity index (χ1v) is 4.82. The van der Waals surface area contributed by atoms with E-state index in [0.29, 0.717) is 0 Å². The molecule has 0 saturated carbocycles. The van der Waals surface area contributed by atoms with E-state index in [4.69, 9.17) is 4.74 Å². The first-order valence-electron chi connectivity index (χ1n) is 3.94. The Morgan fingerprint density at radius 3 is 2.92 bits per heavy atom. The highest BCUT2D eigenvalue weighted by Crippen LogP contribution is 2.33. The summed E-state index contributed by atoms with van der Waals surface area (Å²) in [4.78, 5) is 5.35. The molecular weight excluding hydrogens is 182 g/mol. The third kappa shape index (κ3) is 1.55. The minimum absolute atomic E-state index is 0.892. The zero-order chi connectivity index (χ0) is 9.10. The maximum absolute atomic E-state index is 5.21. The quantitative estimate of drug-likeness (QED) is 0.728. The number of pyridine rings is 1. The van der Waals surface area contributed by atoms with Crippen LogP contribution in [-0.2, 0) is 0 Å². The fraction of sp³-hybridized carbons (Fsp3) is 0.100. The summed E-state index contributed by atoms with van der Waals surface area (Å²) >= 11 is 1.64. The first-order chi connectivity index (χ1) is 6.42. The van der Waals surface area contributed by atoms with Gasteiger partial charge in [0.2, 0.25) is 0 Å². The van der Waals surface area contributed by atoms with Gasteiger partial charge in [-0.05, 0) is 23.6 Å². The largest absolute Gasteiger partial charge is 0.495 e. The van der Waals surface area contributed by atoms with Crippen molar-refractivity contribution in [2.45, 2.75) is 0 Å². The van der Waals surface area contributed by atoms with E-state index in [1.54, 1.807) is 24.6 Å². The molecule has 0 aliphatic carbocycles. The molecule has 66 valence electrons. The molecular formula is C10H9NOS. The van der Waals surface area contributed by atoms with Gasteiger partial charge in [0.1, 0.15) is 5.75 Å². The van der Waals surface area contributed by atoms with Gasteiger partial charge in [0.05, 0.1) is 17.7 Å². The van der Waals surface area contributed by atoms with Crippen LogP contribution < -0.4 is 4.74 Å². The molecule has 0 aliphatic heterocycles. The summed E-state index contributed by atoms with van der Waals surface area (Å²) in [6, 6.07) is 7.81. The van der Waals surface area contributed by atoms with Gasteiger partial charge in [0, 0.05) is 6.20 Å². The number of aromatic nitrogens is 1. The summed E-state index contributed by atoms with van der Waals surface area (Å²) in [6.45, 7) is 0. The van der Waals surface area contributed by atoms with E-state index in [-0.39, 0.29) is 0 Å². The lowest BCUT2D eigenvalue weighted by molar-refractivity contribution is 0.418. The summed E-state index contributed by atoms with van der Waals surface area (Å²) in [6.07, 6.45) is 1.79. The number of methoxy groups -OCH3 is 1. The molecule has 3 heteroatoms. The molecule has 2 heterocycles. The van der Waals surface area contributed by atoms with Gasteiger partial charge in [-0.2, -0.15) is 0 Å². The number of thiophene rings is 1. The number of rotatable bonds is 2. The van der Waals surface area contributed by atoms with E-state index in [2.05, 4.69) is 4.98 Å². The fourth-order valence-corrected chi connectivity index (χ4v) is 1.98. The standard InChI is InChI=1S/C10H9NOS/c1-12-9-5-7-13-10(9)8-4-2-3-6-11-8/h2-7H,1H3. The maximum atomic E-state index is 5.21. The molecule has 2 rings (SSSR count). The molecule has 0 fully saturated rings. The molecule has 0 unspecified atom stereocenters. The van der Waals surface area contributed by atoms with Crippen LogP contribution in [-0.4, -0.2) is 12.1 Å². The Morgan fingerprint density at radius 2 is 2.23 bits per heavy atom. The second kappa shape index (κ2) is 3.58. The van der Waals surface area contributed by atoms with Gasteiger partial charge in [-0.25, -0.2) is 0 Å². The van der Waals surface area contributed by atoms with Gasteiger partial charge in [0.25, 0.3) is 0 Å². The lowest BCUT2D eigenvalue weighted by Gasteiger charge is -2.00. The zero-order valence-corrected chi connectivity index (χ0v) is 8.04. The number of ether oxygens (including phenoxy) is 1. The highest BCUT2D eigenvalue weighted by Gasteiger charge is 2.06. The van der Waals surface area contributed by atoms with Gasteiger partial charge >= 0.3 is 0 Å². The van der Waals surface area contributed by atoms with Gasteiger partial charge < -0.3 is 4.74 Å². The average Bonchev–Trinajstić information content (AvgIpc) is 2.67. The molecule has 0 radical (unpaired) electrons. The van der Waals surface area contributed by atoms with Crippen molar-refractivity contribution < 1.29 is 4.74 Å². The summed E-state index contributed by atoms with van der Waals surface area (Å²) in [5.41, 5.74) is 0.967. The van der Waals surface area contributed by atoms with Crippen molar-refractivity contribution in [3.8, 4) is 16.3 Å². The van der Waals surface area contributed by atoms with Crippen molar-refractivity contribution in [1.29, 1.82) is 0 Å². The monoisotopic (exact) mass is 191 g/mol. The van der Waals surface area contributed by atoms with Gasteiger partial charge in [-0.3, -0.25) is 4.98 Å². The molecule has 13 heavy (non-hydrogen) atoms. The minimum Gasteiger partial charge on any atom is -0.495 e. The van der Waals surface area contributed by atoms with E-state index >= 15 is 0 Å². The van der Waals surface area contributed by atoms with Gasteiger partial charge in [-0.1, -0.05) is 6.07 Å². The Kier molecular flexibility index (Phi) is 2.27. The van der Waals surface area contributed by atoms with Crippen molar-refractivity contribution in [2.75, 3.05) is 7.11 Å². The van der Waals surface area contributed by atoms with Crippen LogP contribution >= 0.6 is 11.3 Å². The minimum atomic E-state index is 0.892. The summed E-state index contributed by atoms with van der Waals surface area (Å²) in [5, 5.41) is 2.00. The average molecular weight is 191 g/mol.